The first-order valence-corrected chi connectivity index (χ1v) is 9.46. The lowest BCUT2D eigenvalue weighted by molar-refractivity contribution is -0.117. The first-order chi connectivity index (χ1) is 13.2. The number of amides is 2. The summed E-state index contributed by atoms with van der Waals surface area (Å²) in [6.07, 6.45) is 3.58. The van der Waals surface area contributed by atoms with Gasteiger partial charge in [0.1, 0.15) is 0 Å². The molecule has 0 atom stereocenters. The van der Waals surface area contributed by atoms with Crippen molar-refractivity contribution < 1.29 is 9.59 Å². The number of anilines is 2. The van der Waals surface area contributed by atoms with E-state index in [9.17, 15) is 9.59 Å². The minimum atomic E-state index is -0.151. The van der Waals surface area contributed by atoms with E-state index in [2.05, 4.69) is 29.6 Å². The molecule has 0 unspecified atom stereocenters. The van der Waals surface area contributed by atoms with Crippen LogP contribution >= 0.6 is 0 Å². The molecule has 2 aliphatic rings. The molecule has 4 nitrogen and oxygen atoms in total. The second-order valence-corrected chi connectivity index (χ2v) is 7.27. The zero-order valence-corrected chi connectivity index (χ0v) is 15.0. The highest BCUT2D eigenvalue weighted by atomic mass is 16.2. The molecule has 3 aromatic rings. The lowest BCUT2D eigenvalue weighted by Gasteiger charge is -2.16. The monoisotopic (exact) mass is 356 g/mol. The Hall–Kier alpha value is -3.14. The highest BCUT2D eigenvalue weighted by Gasteiger charge is 2.22. The summed E-state index contributed by atoms with van der Waals surface area (Å²) < 4.78 is 0. The van der Waals surface area contributed by atoms with Crippen LogP contribution in [0, 0.1) is 0 Å². The van der Waals surface area contributed by atoms with Crippen LogP contribution in [0.5, 0.6) is 0 Å². The van der Waals surface area contributed by atoms with Gasteiger partial charge >= 0.3 is 0 Å². The SMILES string of the molecule is O=C(Nc1ccc2c3c(cccc13)CC2)c1cccc(N2CCCC2=O)c1. The Balaban J connectivity index is 1.47. The van der Waals surface area contributed by atoms with Gasteiger partial charge in [0.2, 0.25) is 5.91 Å². The quantitative estimate of drug-likeness (QED) is 0.760. The van der Waals surface area contributed by atoms with Crippen LogP contribution in [0.25, 0.3) is 10.8 Å². The molecule has 1 aliphatic heterocycles. The van der Waals surface area contributed by atoms with Crippen molar-refractivity contribution in [1.29, 1.82) is 0 Å². The molecular formula is C23H20N2O2. The fourth-order valence-electron chi connectivity index (χ4n) is 4.29. The molecular weight excluding hydrogens is 336 g/mol. The summed E-state index contributed by atoms with van der Waals surface area (Å²) >= 11 is 0. The highest BCUT2D eigenvalue weighted by Crippen LogP contribution is 2.35. The molecule has 0 radical (unpaired) electrons. The van der Waals surface area contributed by atoms with Gasteiger partial charge in [-0.3, -0.25) is 9.59 Å². The summed E-state index contributed by atoms with van der Waals surface area (Å²) in [5.74, 6) is -0.0257. The first-order valence-electron chi connectivity index (χ1n) is 9.46. The summed E-state index contributed by atoms with van der Waals surface area (Å²) in [5, 5.41) is 5.45. The maximum absolute atomic E-state index is 12.9. The molecule has 5 rings (SSSR count). The molecule has 1 heterocycles. The molecule has 3 aromatic carbocycles. The van der Waals surface area contributed by atoms with Gasteiger partial charge in [0.25, 0.3) is 5.91 Å². The Morgan fingerprint density at radius 2 is 1.74 bits per heavy atom. The fraction of sp³-hybridized carbons (Fsp3) is 0.217. The lowest BCUT2D eigenvalue weighted by atomic mass is 10.0. The van der Waals surface area contributed by atoms with E-state index in [0.29, 0.717) is 12.0 Å². The number of aryl methyl sites for hydroxylation is 2. The van der Waals surface area contributed by atoms with Gasteiger partial charge in [-0.2, -0.15) is 0 Å². The molecule has 1 saturated heterocycles. The summed E-state index contributed by atoms with van der Waals surface area (Å²) in [7, 11) is 0. The van der Waals surface area contributed by atoms with Gasteiger partial charge in [-0.1, -0.05) is 30.3 Å². The van der Waals surface area contributed by atoms with Crippen LogP contribution in [0.15, 0.2) is 54.6 Å². The molecule has 0 saturated carbocycles. The van der Waals surface area contributed by atoms with Crippen molar-refractivity contribution in [3.63, 3.8) is 0 Å². The summed E-state index contributed by atoms with van der Waals surface area (Å²) in [6, 6.07) is 17.7. The maximum atomic E-state index is 12.9. The van der Waals surface area contributed by atoms with E-state index < -0.39 is 0 Å². The minimum absolute atomic E-state index is 0.125. The minimum Gasteiger partial charge on any atom is -0.321 e. The van der Waals surface area contributed by atoms with Crippen molar-refractivity contribution in [2.75, 3.05) is 16.8 Å². The second kappa shape index (κ2) is 6.23. The smallest absolute Gasteiger partial charge is 0.255 e. The molecule has 0 spiro atoms. The van der Waals surface area contributed by atoms with Gasteiger partial charge in [0, 0.05) is 35.3 Å². The molecule has 4 heteroatoms. The van der Waals surface area contributed by atoms with Crippen LogP contribution in [0.1, 0.15) is 34.3 Å². The summed E-state index contributed by atoms with van der Waals surface area (Å²) in [5.41, 5.74) is 4.91. The van der Waals surface area contributed by atoms with Gasteiger partial charge < -0.3 is 10.2 Å². The van der Waals surface area contributed by atoms with Crippen molar-refractivity contribution in [1.82, 2.24) is 0 Å². The Labute approximate surface area is 157 Å². The second-order valence-electron chi connectivity index (χ2n) is 7.27. The molecule has 1 N–H and O–H groups in total. The average Bonchev–Trinajstić information content (AvgIpc) is 3.31. The van der Waals surface area contributed by atoms with E-state index >= 15 is 0 Å². The van der Waals surface area contributed by atoms with E-state index in [1.165, 1.54) is 16.5 Å². The number of hydrogen-bond acceptors (Lipinski definition) is 2. The molecule has 1 fully saturated rings. The number of nitrogens with zero attached hydrogens (tertiary/aromatic N) is 1. The van der Waals surface area contributed by atoms with Crippen LogP contribution in [0.4, 0.5) is 11.4 Å². The van der Waals surface area contributed by atoms with E-state index in [0.717, 1.165) is 42.6 Å². The summed E-state index contributed by atoms with van der Waals surface area (Å²) in [6.45, 7) is 0.721. The van der Waals surface area contributed by atoms with Gasteiger partial charge in [-0.25, -0.2) is 0 Å². The Kier molecular flexibility index (Phi) is 3.71. The van der Waals surface area contributed by atoms with Crippen molar-refractivity contribution in [3.05, 3.63) is 71.3 Å². The molecule has 27 heavy (non-hydrogen) atoms. The predicted molar refractivity (Wildman–Crippen MR) is 107 cm³/mol. The van der Waals surface area contributed by atoms with Crippen LogP contribution in [0.3, 0.4) is 0 Å². The number of carbonyl (C=O) groups excluding carboxylic acids is 2. The predicted octanol–water partition coefficient (Wildman–Crippen LogP) is 4.32. The van der Waals surface area contributed by atoms with Crippen molar-refractivity contribution in [3.8, 4) is 0 Å². The van der Waals surface area contributed by atoms with E-state index in [4.69, 9.17) is 0 Å². The maximum Gasteiger partial charge on any atom is 0.255 e. The highest BCUT2D eigenvalue weighted by molar-refractivity contribution is 6.11. The third-order valence-corrected chi connectivity index (χ3v) is 5.62. The van der Waals surface area contributed by atoms with Crippen LogP contribution in [-0.2, 0) is 17.6 Å². The molecule has 1 aliphatic carbocycles. The summed E-state index contributed by atoms with van der Waals surface area (Å²) in [4.78, 5) is 26.6. The van der Waals surface area contributed by atoms with Gasteiger partial charge in [-0.15, -0.1) is 0 Å². The average molecular weight is 356 g/mol. The molecule has 134 valence electrons. The number of hydrogen-bond donors (Lipinski definition) is 1. The molecule has 0 bridgehead atoms. The van der Waals surface area contributed by atoms with Crippen LogP contribution < -0.4 is 10.2 Å². The standard InChI is InChI=1S/C23H20N2O2/c26-21-8-3-13-25(21)18-6-1-5-17(14-18)23(27)24-20-12-11-16-10-9-15-4-2-7-19(20)22(15)16/h1-2,4-7,11-12,14H,3,8-10,13H2,(H,24,27). The van der Waals surface area contributed by atoms with Gasteiger partial charge in [-0.05, 0) is 60.0 Å². The number of nitrogens with one attached hydrogen (secondary N) is 1. The van der Waals surface area contributed by atoms with Gasteiger partial charge in [0.05, 0.1) is 0 Å². The largest absolute Gasteiger partial charge is 0.321 e. The number of benzene rings is 3. The normalized spacial score (nSPS) is 15.6. The van der Waals surface area contributed by atoms with Gasteiger partial charge in [0.15, 0.2) is 0 Å². The number of rotatable bonds is 3. The van der Waals surface area contributed by atoms with E-state index in [1.807, 2.05) is 18.2 Å². The Morgan fingerprint density at radius 1 is 0.926 bits per heavy atom. The topological polar surface area (TPSA) is 49.4 Å². The Morgan fingerprint density at radius 3 is 2.56 bits per heavy atom. The molecule has 0 aromatic heterocycles. The van der Waals surface area contributed by atoms with Crippen molar-refractivity contribution >= 4 is 34.0 Å². The number of carbonyl (C=O) groups is 2. The third-order valence-electron chi connectivity index (χ3n) is 5.62. The van der Waals surface area contributed by atoms with E-state index in [-0.39, 0.29) is 11.8 Å². The molecule has 2 amide bonds. The lowest BCUT2D eigenvalue weighted by Crippen LogP contribution is -2.24. The zero-order chi connectivity index (χ0) is 18.4. The van der Waals surface area contributed by atoms with Crippen LogP contribution in [0.2, 0.25) is 0 Å². The zero-order valence-electron chi connectivity index (χ0n) is 15.0. The first kappa shape index (κ1) is 16.1. The van der Waals surface area contributed by atoms with E-state index in [1.54, 1.807) is 17.0 Å². The third kappa shape index (κ3) is 2.69. The van der Waals surface area contributed by atoms with Crippen LogP contribution in [-0.4, -0.2) is 18.4 Å². The Bertz CT molecular complexity index is 1080. The van der Waals surface area contributed by atoms with Crippen molar-refractivity contribution in [2.45, 2.75) is 25.7 Å². The van der Waals surface area contributed by atoms with Crippen molar-refractivity contribution in [2.24, 2.45) is 0 Å². The fourth-order valence-corrected chi connectivity index (χ4v) is 4.29.